The van der Waals surface area contributed by atoms with Gasteiger partial charge in [0.2, 0.25) is 0 Å². The third-order valence-electron chi connectivity index (χ3n) is 5.45. The van der Waals surface area contributed by atoms with Crippen LogP contribution in [0.15, 0.2) is 0 Å². The summed E-state index contributed by atoms with van der Waals surface area (Å²) in [5.41, 5.74) is -2.23. The van der Waals surface area contributed by atoms with Crippen LogP contribution in [0.3, 0.4) is 0 Å². The van der Waals surface area contributed by atoms with Crippen molar-refractivity contribution in [2.24, 2.45) is 17.3 Å². The Morgan fingerprint density at radius 2 is 1.23 bits per heavy atom. The number of carbonyl (C=O) groups is 2. The maximum Gasteiger partial charge on any atom is 1.00 e. The monoisotopic (exact) mass is 466 g/mol. The zero-order chi connectivity index (χ0) is 22.0. The molecule has 7 nitrogen and oxygen atoms in total. The summed E-state index contributed by atoms with van der Waals surface area (Å²) >= 11 is 0. The van der Waals surface area contributed by atoms with Crippen molar-refractivity contribution in [1.29, 1.82) is 0 Å². The molecule has 166 valence electrons. The Morgan fingerprint density at radius 3 is 1.47 bits per heavy atom. The van der Waals surface area contributed by atoms with Crippen LogP contribution in [0.5, 0.6) is 0 Å². The van der Waals surface area contributed by atoms with Crippen LogP contribution >= 0.6 is 0 Å². The molecule has 0 aromatic carbocycles. The van der Waals surface area contributed by atoms with Crippen LogP contribution in [0, 0.1) is 17.3 Å². The molecule has 1 N–H and O–H groups in total. The van der Waals surface area contributed by atoms with Gasteiger partial charge in [0, 0.05) is 11.4 Å². The molecule has 0 fully saturated rings. The number of carboxylic acid groups (broad SMARTS) is 2. The molecular weight excluding hydrogens is 430 g/mol. The zero-order valence-electron chi connectivity index (χ0n) is 19.6. The number of hydrogen-bond donors (Lipinski definition) is 1. The fourth-order valence-corrected chi connectivity index (χ4v) is 5.24. The summed E-state index contributed by atoms with van der Waals surface area (Å²) in [7, 11) is -5.19. The van der Waals surface area contributed by atoms with Gasteiger partial charge in [0.25, 0.3) is 10.1 Å². The largest absolute Gasteiger partial charge is 1.00 e. The van der Waals surface area contributed by atoms with E-state index in [1.807, 2.05) is 13.8 Å². The molecular formula is C20H36Na2O7S. The molecule has 0 saturated carbocycles. The first-order chi connectivity index (χ1) is 12.9. The Labute approximate surface area is 226 Å². The molecule has 3 unspecified atom stereocenters. The number of aliphatic carboxylic acids is 2. The van der Waals surface area contributed by atoms with E-state index in [4.69, 9.17) is 0 Å². The Balaban J connectivity index is -0.00000364. The maximum absolute atomic E-state index is 12.2. The van der Waals surface area contributed by atoms with Crippen molar-refractivity contribution in [2.75, 3.05) is 0 Å². The molecule has 0 aliphatic carbocycles. The van der Waals surface area contributed by atoms with Gasteiger partial charge >= 0.3 is 59.1 Å². The minimum absolute atomic E-state index is 0. The van der Waals surface area contributed by atoms with Crippen molar-refractivity contribution < 1.29 is 91.9 Å². The third-order valence-corrected chi connectivity index (χ3v) is 6.69. The van der Waals surface area contributed by atoms with Crippen molar-refractivity contribution in [3.8, 4) is 0 Å². The second-order valence-electron chi connectivity index (χ2n) is 8.27. The van der Waals surface area contributed by atoms with Crippen molar-refractivity contribution in [2.45, 2.75) is 97.2 Å². The first-order valence-electron chi connectivity index (χ1n) is 10.3. The first kappa shape index (κ1) is 35.4. The molecule has 0 bridgehead atoms. The number of hydrogen-bond acceptors (Lipinski definition) is 6. The maximum atomic E-state index is 12.2. The molecule has 0 heterocycles. The SMILES string of the molecule is CCCCCC(C)CC(CC(C)CCCCC)(C(=O)[O-])C(C(=O)[O-])S(=O)(=O)O.[Na+].[Na+]. The van der Waals surface area contributed by atoms with E-state index in [0.29, 0.717) is 12.8 Å². The summed E-state index contributed by atoms with van der Waals surface area (Å²) in [6.07, 6.45) is 6.36. The van der Waals surface area contributed by atoms with Gasteiger partial charge in [0.05, 0.1) is 5.97 Å². The number of carbonyl (C=O) groups excluding carboxylic acids is 2. The predicted molar refractivity (Wildman–Crippen MR) is 104 cm³/mol. The molecule has 0 aromatic rings. The second kappa shape index (κ2) is 17.3. The summed E-state index contributed by atoms with van der Waals surface area (Å²) in [6, 6.07) is 0. The molecule has 0 saturated heterocycles. The smallest absolute Gasteiger partial charge is 0.549 e. The van der Waals surface area contributed by atoms with Gasteiger partial charge in [0.1, 0.15) is 5.25 Å². The van der Waals surface area contributed by atoms with E-state index in [2.05, 4.69) is 0 Å². The van der Waals surface area contributed by atoms with Crippen LogP contribution in [0.1, 0.15) is 91.9 Å². The van der Waals surface area contributed by atoms with Crippen molar-refractivity contribution in [3.05, 3.63) is 0 Å². The van der Waals surface area contributed by atoms with E-state index in [9.17, 15) is 32.8 Å². The number of unbranched alkanes of at least 4 members (excludes halogenated alkanes) is 4. The predicted octanol–water partition coefficient (Wildman–Crippen LogP) is -4.05. The Bertz CT molecular complexity index is 578. The quantitative estimate of drug-likeness (QED) is 0.139. The zero-order valence-corrected chi connectivity index (χ0v) is 24.4. The molecule has 3 atom stereocenters. The molecule has 0 aromatic heterocycles. The molecule has 0 rings (SSSR count). The van der Waals surface area contributed by atoms with E-state index in [-0.39, 0.29) is 83.8 Å². The fraction of sp³-hybridized carbons (Fsp3) is 0.900. The van der Waals surface area contributed by atoms with E-state index >= 15 is 0 Å². The van der Waals surface area contributed by atoms with E-state index < -0.39 is 32.7 Å². The second-order valence-corrected chi connectivity index (χ2v) is 9.77. The average molecular weight is 467 g/mol. The van der Waals surface area contributed by atoms with E-state index in [0.717, 1.165) is 38.5 Å². The van der Waals surface area contributed by atoms with Gasteiger partial charge in [-0.15, -0.1) is 0 Å². The topological polar surface area (TPSA) is 135 Å². The molecule has 0 spiro atoms. The van der Waals surface area contributed by atoms with Crippen LogP contribution < -0.4 is 69.3 Å². The van der Waals surface area contributed by atoms with Crippen LogP contribution in [-0.4, -0.2) is 30.2 Å². The summed E-state index contributed by atoms with van der Waals surface area (Å²) in [5, 5.41) is 21.3. The summed E-state index contributed by atoms with van der Waals surface area (Å²) in [4.78, 5) is 23.8. The van der Waals surface area contributed by atoms with Gasteiger partial charge in [-0.1, -0.05) is 79.1 Å². The van der Waals surface area contributed by atoms with Gasteiger partial charge in [-0.3, -0.25) is 4.55 Å². The number of rotatable bonds is 16. The molecule has 10 heteroatoms. The van der Waals surface area contributed by atoms with Gasteiger partial charge < -0.3 is 19.8 Å². The van der Waals surface area contributed by atoms with Gasteiger partial charge in [0.15, 0.2) is 0 Å². The Morgan fingerprint density at radius 1 is 0.867 bits per heavy atom. The molecule has 30 heavy (non-hydrogen) atoms. The molecule has 0 aliphatic heterocycles. The minimum atomic E-state index is -5.19. The summed E-state index contributed by atoms with van der Waals surface area (Å²) < 4.78 is 33.2. The standard InChI is InChI=1S/C20H38O7S.2Na/c1-5-7-9-11-15(3)13-20(19(23)24,14-16(4)12-10-8-6-2)17(18(21)22)28(25,26)27;;/h15-17H,5-14H2,1-4H3,(H,21,22)(H,23,24)(H,25,26,27);;/q;2*+1/p-2. The van der Waals surface area contributed by atoms with Crippen LogP contribution in [0.4, 0.5) is 0 Å². The summed E-state index contributed by atoms with van der Waals surface area (Å²) in [5.74, 6) is -4.34. The summed E-state index contributed by atoms with van der Waals surface area (Å²) in [6.45, 7) is 7.59. The molecule has 0 amide bonds. The molecule has 0 aliphatic rings. The van der Waals surface area contributed by atoms with Crippen LogP contribution in [-0.2, 0) is 19.7 Å². The van der Waals surface area contributed by atoms with Gasteiger partial charge in [-0.05, 0) is 24.7 Å². The average Bonchev–Trinajstić information content (AvgIpc) is 2.53. The third kappa shape index (κ3) is 12.2. The Hall–Kier alpha value is 0.850. The number of carboxylic acids is 2. The fourth-order valence-electron chi connectivity index (χ4n) is 4.14. The van der Waals surface area contributed by atoms with Crippen molar-refractivity contribution in [1.82, 2.24) is 0 Å². The Kier molecular flexibility index (Phi) is 20.5. The van der Waals surface area contributed by atoms with Gasteiger partial charge in [-0.2, -0.15) is 8.42 Å². The van der Waals surface area contributed by atoms with Crippen LogP contribution in [0.25, 0.3) is 0 Å². The van der Waals surface area contributed by atoms with Crippen LogP contribution in [0.2, 0.25) is 0 Å². The first-order valence-corrected chi connectivity index (χ1v) is 11.8. The normalized spacial score (nSPS) is 16.3. The van der Waals surface area contributed by atoms with Gasteiger partial charge in [-0.25, -0.2) is 0 Å². The van der Waals surface area contributed by atoms with E-state index in [1.165, 1.54) is 0 Å². The molecule has 0 radical (unpaired) electrons. The minimum Gasteiger partial charge on any atom is -0.549 e. The van der Waals surface area contributed by atoms with E-state index in [1.54, 1.807) is 13.8 Å². The van der Waals surface area contributed by atoms with Crippen molar-refractivity contribution >= 4 is 22.1 Å². The van der Waals surface area contributed by atoms with Crippen molar-refractivity contribution in [3.63, 3.8) is 0 Å².